The molecule has 0 fully saturated rings. The lowest BCUT2D eigenvalue weighted by Gasteiger charge is -2.06. The molecule has 1 aromatic carbocycles. The largest absolute Gasteiger partial charge is 0.494 e. The number of nitrogens with two attached hydrogens (primary N) is 1. The minimum Gasteiger partial charge on any atom is -0.494 e. The highest BCUT2D eigenvalue weighted by Gasteiger charge is 1.97. The van der Waals surface area contributed by atoms with Gasteiger partial charge in [-0.2, -0.15) is 11.8 Å². The van der Waals surface area contributed by atoms with E-state index in [0.717, 1.165) is 30.1 Å². The zero-order valence-corrected chi connectivity index (χ0v) is 10.3. The van der Waals surface area contributed by atoms with Crippen molar-refractivity contribution in [3.8, 4) is 5.75 Å². The first-order chi connectivity index (χ1) is 7.72. The Balaban J connectivity index is 2.36. The van der Waals surface area contributed by atoms with Crippen LogP contribution in [0.4, 0.5) is 0 Å². The number of hydrogen-bond acceptors (Lipinski definition) is 3. The van der Waals surface area contributed by atoms with Gasteiger partial charge in [0.2, 0.25) is 0 Å². The maximum absolute atomic E-state index is 7.19. The van der Waals surface area contributed by atoms with Gasteiger partial charge in [-0.05, 0) is 36.1 Å². The van der Waals surface area contributed by atoms with Crippen LogP contribution in [0.25, 0.3) is 0 Å². The van der Waals surface area contributed by atoms with E-state index in [1.165, 1.54) is 0 Å². The molecule has 0 aromatic heterocycles. The van der Waals surface area contributed by atoms with Crippen LogP contribution in [-0.2, 0) is 6.42 Å². The Kier molecular flexibility index (Phi) is 5.78. The molecule has 0 radical (unpaired) electrons. The van der Waals surface area contributed by atoms with Gasteiger partial charge >= 0.3 is 0 Å². The van der Waals surface area contributed by atoms with Crippen LogP contribution in [0.2, 0.25) is 0 Å². The molecule has 0 aliphatic heterocycles. The first-order valence-electron chi connectivity index (χ1n) is 5.26. The second-order valence-electron chi connectivity index (χ2n) is 3.54. The molecule has 3 N–H and O–H groups in total. The summed E-state index contributed by atoms with van der Waals surface area (Å²) in [6.07, 6.45) is 3.67. The smallest absolute Gasteiger partial charge is 0.119 e. The van der Waals surface area contributed by atoms with Gasteiger partial charge in [-0.3, -0.25) is 5.41 Å². The van der Waals surface area contributed by atoms with Crippen LogP contribution in [0.1, 0.15) is 12.0 Å². The van der Waals surface area contributed by atoms with Gasteiger partial charge in [-0.15, -0.1) is 0 Å². The third kappa shape index (κ3) is 5.07. The lowest BCUT2D eigenvalue weighted by Crippen LogP contribution is -2.12. The van der Waals surface area contributed by atoms with Crippen molar-refractivity contribution in [1.82, 2.24) is 0 Å². The highest BCUT2D eigenvalue weighted by atomic mass is 32.2. The van der Waals surface area contributed by atoms with E-state index in [0.29, 0.717) is 6.42 Å². The molecule has 16 heavy (non-hydrogen) atoms. The van der Waals surface area contributed by atoms with Gasteiger partial charge in [0.05, 0.1) is 12.4 Å². The van der Waals surface area contributed by atoms with Gasteiger partial charge < -0.3 is 10.5 Å². The van der Waals surface area contributed by atoms with E-state index >= 15 is 0 Å². The number of amidine groups is 1. The summed E-state index contributed by atoms with van der Waals surface area (Å²) < 4.78 is 5.57. The van der Waals surface area contributed by atoms with Gasteiger partial charge in [0.25, 0.3) is 0 Å². The van der Waals surface area contributed by atoms with Crippen molar-refractivity contribution in [1.29, 1.82) is 5.41 Å². The van der Waals surface area contributed by atoms with Crippen molar-refractivity contribution < 1.29 is 4.74 Å². The molecule has 1 aromatic rings. The zero-order valence-electron chi connectivity index (χ0n) is 9.53. The number of thioether (sulfide) groups is 1. The molecule has 0 saturated heterocycles. The summed E-state index contributed by atoms with van der Waals surface area (Å²) in [6, 6.07) is 7.76. The standard InChI is InChI=1S/C12H18N2OS/c1-16-8-2-7-15-11-5-3-10(4-6-11)9-12(13)14/h3-6H,2,7-9H2,1H3,(H3,13,14). The predicted molar refractivity (Wildman–Crippen MR) is 70.6 cm³/mol. The molecule has 0 atom stereocenters. The molecule has 0 aliphatic rings. The zero-order chi connectivity index (χ0) is 11.8. The highest BCUT2D eigenvalue weighted by molar-refractivity contribution is 7.98. The topological polar surface area (TPSA) is 59.1 Å². The van der Waals surface area contributed by atoms with Crippen LogP contribution in [0.5, 0.6) is 5.75 Å². The number of nitrogens with one attached hydrogen (secondary N) is 1. The van der Waals surface area contributed by atoms with Crippen LogP contribution >= 0.6 is 11.8 Å². The molecule has 1 rings (SSSR count). The molecule has 88 valence electrons. The molecular weight excluding hydrogens is 220 g/mol. The van der Waals surface area contributed by atoms with Crippen LogP contribution in [0.3, 0.4) is 0 Å². The van der Waals surface area contributed by atoms with Crippen LogP contribution in [0.15, 0.2) is 24.3 Å². The highest BCUT2D eigenvalue weighted by Crippen LogP contribution is 2.13. The van der Waals surface area contributed by atoms with Gasteiger partial charge in [0, 0.05) is 6.42 Å². The fourth-order valence-electron chi connectivity index (χ4n) is 1.32. The predicted octanol–water partition coefficient (Wildman–Crippen LogP) is 2.30. The van der Waals surface area contributed by atoms with Gasteiger partial charge in [0.15, 0.2) is 0 Å². The number of benzene rings is 1. The van der Waals surface area contributed by atoms with Crippen LogP contribution < -0.4 is 10.5 Å². The lowest BCUT2D eigenvalue weighted by molar-refractivity contribution is 0.318. The molecule has 0 unspecified atom stereocenters. The summed E-state index contributed by atoms with van der Waals surface area (Å²) in [5.41, 5.74) is 6.37. The summed E-state index contributed by atoms with van der Waals surface area (Å²) >= 11 is 1.83. The Hall–Kier alpha value is -1.16. The van der Waals surface area contributed by atoms with Crippen molar-refractivity contribution in [2.45, 2.75) is 12.8 Å². The Morgan fingerprint density at radius 1 is 1.38 bits per heavy atom. The average Bonchev–Trinajstić information content (AvgIpc) is 2.26. The Bertz CT molecular complexity index is 324. The summed E-state index contributed by atoms with van der Waals surface area (Å²) in [4.78, 5) is 0. The average molecular weight is 238 g/mol. The maximum Gasteiger partial charge on any atom is 0.119 e. The van der Waals surface area contributed by atoms with Crippen molar-refractivity contribution in [3.63, 3.8) is 0 Å². The van der Waals surface area contributed by atoms with E-state index in [-0.39, 0.29) is 5.84 Å². The lowest BCUT2D eigenvalue weighted by atomic mass is 10.1. The van der Waals surface area contributed by atoms with E-state index in [1.807, 2.05) is 36.0 Å². The monoisotopic (exact) mass is 238 g/mol. The van der Waals surface area contributed by atoms with E-state index in [2.05, 4.69) is 6.26 Å². The fraction of sp³-hybridized carbons (Fsp3) is 0.417. The van der Waals surface area contributed by atoms with E-state index in [9.17, 15) is 0 Å². The van der Waals surface area contributed by atoms with Crippen LogP contribution in [-0.4, -0.2) is 24.5 Å². The molecular formula is C12H18N2OS. The van der Waals surface area contributed by atoms with Crippen LogP contribution in [0, 0.1) is 5.41 Å². The molecule has 0 spiro atoms. The van der Waals surface area contributed by atoms with Gasteiger partial charge in [0.1, 0.15) is 5.75 Å². The summed E-state index contributed by atoms with van der Waals surface area (Å²) in [7, 11) is 0. The first kappa shape index (κ1) is 12.9. The Morgan fingerprint density at radius 2 is 2.06 bits per heavy atom. The molecule has 3 nitrogen and oxygen atoms in total. The van der Waals surface area contributed by atoms with Gasteiger partial charge in [-0.25, -0.2) is 0 Å². The second-order valence-corrected chi connectivity index (χ2v) is 4.53. The third-order valence-corrected chi connectivity index (χ3v) is 2.78. The Labute approximate surface area is 101 Å². The second kappa shape index (κ2) is 7.17. The number of hydrogen-bond donors (Lipinski definition) is 2. The summed E-state index contributed by atoms with van der Waals surface area (Å²) in [5.74, 6) is 2.20. The quantitative estimate of drug-likeness (QED) is 0.435. The summed E-state index contributed by atoms with van der Waals surface area (Å²) in [6.45, 7) is 0.757. The molecule has 0 saturated carbocycles. The third-order valence-electron chi connectivity index (χ3n) is 2.08. The molecule has 0 aliphatic carbocycles. The molecule has 4 heteroatoms. The first-order valence-corrected chi connectivity index (χ1v) is 6.65. The Morgan fingerprint density at radius 3 is 2.62 bits per heavy atom. The molecule has 0 heterocycles. The van der Waals surface area contributed by atoms with E-state index < -0.39 is 0 Å². The van der Waals surface area contributed by atoms with E-state index in [4.69, 9.17) is 15.9 Å². The van der Waals surface area contributed by atoms with Crippen molar-refractivity contribution in [2.24, 2.45) is 5.73 Å². The minimum atomic E-state index is 0.189. The summed E-state index contributed by atoms with van der Waals surface area (Å²) in [5, 5.41) is 7.19. The van der Waals surface area contributed by atoms with E-state index in [1.54, 1.807) is 0 Å². The van der Waals surface area contributed by atoms with Crippen molar-refractivity contribution in [3.05, 3.63) is 29.8 Å². The van der Waals surface area contributed by atoms with Crippen molar-refractivity contribution >= 4 is 17.6 Å². The molecule has 0 amide bonds. The number of rotatable bonds is 7. The van der Waals surface area contributed by atoms with Gasteiger partial charge in [-0.1, -0.05) is 12.1 Å². The minimum absolute atomic E-state index is 0.189. The number of ether oxygens (including phenoxy) is 1. The normalized spacial score (nSPS) is 10.1. The molecule has 0 bridgehead atoms. The van der Waals surface area contributed by atoms with Crippen molar-refractivity contribution in [2.75, 3.05) is 18.6 Å². The maximum atomic E-state index is 7.19. The SMILES string of the molecule is CSCCCOc1ccc(CC(=N)N)cc1. The fourth-order valence-corrected chi connectivity index (χ4v) is 1.72.